The third-order valence-corrected chi connectivity index (χ3v) is 4.07. The topological polar surface area (TPSA) is 30.3 Å². The molecule has 1 saturated heterocycles. The van der Waals surface area contributed by atoms with Gasteiger partial charge >= 0.3 is 0 Å². The maximum atomic E-state index is 8.91. The van der Waals surface area contributed by atoms with Gasteiger partial charge in [-0.3, -0.25) is 0 Å². The molecule has 1 heterocycles. The molecular weight excluding hydrogens is 210 g/mol. The quantitative estimate of drug-likeness (QED) is 0.734. The van der Waals surface area contributed by atoms with E-state index in [0.29, 0.717) is 17.8 Å². The van der Waals surface area contributed by atoms with Crippen molar-refractivity contribution >= 4 is 0 Å². The summed E-state index contributed by atoms with van der Waals surface area (Å²) in [6.45, 7) is 9.26. The summed E-state index contributed by atoms with van der Waals surface area (Å²) in [7, 11) is 4.25. The van der Waals surface area contributed by atoms with Crippen molar-refractivity contribution < 1.29 is 0 Å². The highest BCUT2D eigenvalue weighted by molar-refractivity contribution is 4.91. The zero-order valence-electron chi connectivity index (χ0n) is 11.9. The third-order valence-electron chi connectivity index (χ3n) is 4.07. The summed E-state index contributed by atoms with van der Waals surface area (Å²) in [5, 5.41) is 8.91. The summed E-state index contributed by atoms with van der Waals surface area (Å²) in [5.74, 6) is 0.542. The Morgan fingerprint density at radius 2 is 2.12 bits per heavy atom. The van der Waals surface area contributed by atoms with Gasteiger partial charge in [-0.2, -0.15) is 5.26 Å². The number of hydrogen-bond acceptors (Lipinski definition) is 3. The fourth-order valence-corrected chi connectivity index (χ4v) is 2.57. The van der Waals surface area contributed by atoms with E-state index < -0.39 is 0 Å². The van der Waals surface area contributed by atoms with E-state index >= 15 is 0 Å². The molecular formula is C14H27N3. The van der Waals surface area contributed by atoms with Crippen molar-refractivity contribution in [2.45, 2.75) is 33.1 Å². The summed E-state index contributed by atoms with van der Waals surface area (Å²) >= 11 is 0. The number of rotatable bonds is 5. The molecule has 98 valence electrons. The second-order valence-corrected chi connectivity index (χ2v) is 6.26. The third kappa shape index (κ3) is 4.65. The van der Waals surface area contributed by atoms with Crippen molar-refractivity contribution in [3.8, 4) is 6.07 Å². The molecule has 1 aliphatic rings. The smallest absolute Gasteiger partial charge is 0.0625 e. The largest absolute Gasteiger partial charge is 0.309 e. The van der Waals surface area contributed by atoms with Crippen LogP contribution < -0.4 is 0 Å². The van der Waals surface area contributed by atoms with Crippen molar-refractivity contribution in [1.29, 1.82) is 5.26 Å². The van der Waals surface area contributed by atoms with Gasteiger partial charge < -0.3 is 9.80 Å². The Kier molecular flexibility index (Phi) is 5.42. The lowest BCUT2D eigenvalue weighted by Crippen LogP contribution is -2.45. The van der Waals surface area contributed by atoms with Crippen LogP contribution in [0.25, 0.3) is 0 Å². The predicted octanol–water partition coefficient (Wildman–Crippen LogP) is 2.20. The standard InChI is InChI=1S/C14H27N3/c1-14(2)7-11-17(10-5-9-16(3)4)12-13(14)6-8-15/h13H,5-7,9-12H2,1-4H3. The number of likely N-dealkylation sites (tertiary alicyclic amines) is 1. The molecule has 1 fully saturated rings. The maximum absolute atomic E-state index is 8.91. The predicted molar refractivity (Wildman–Crippen MR) is 71.7 cm³/mol. The van der Waals surface area contributed by atoms with E-state index in [4.69, 9.17) is 5.26 Å². The molecule has 1 atom stereocenters. The Labute approximate surface area is 106 Å². The van der Waals surface area contributed by atoms with Crippen molar-refractivity contribution in [1.82, 2.24) is 9.80 Å². The summed E-state index contributed by atoms with van der Waals surface area (Å²) in [4.78, 5) is 4.78. The van der Waals surface area contributed by atoms with E-state index in [1.165, 1.54) is 25.9 Å². The molecule has 17 heavy (non-hydrogen) atoms. The molecule has 1 rings (SSSR count). The summed E-state index contributed by atoms with van der Waals surface area (Å²) < 4.78 is 0. The zero-order valence-corrected chi connectivity index (χ0v) is 11.9. The molecule has 1 aliphatic heterocycles. The minimum absolute atomic E-state index is 0.341. The molecule has 0 saturated carbocycles. The van der Waals surface area contributed by atoms with Crippen molar-refractivity contribution in [3.63, 3.8) is 0 Å². The van der Waals surface area contributed by atoms with Gasteiger partial charge in [-0.15, -0.1) is 0 Å². The van der Waals surface area contributed by atoms with Gasteiger partial charge in [0.15, 0.2) is 0 Å². The lowest BCUT2D eigenvalue weighted by atomic mass is 9.72. The number of nitrogens with zero attached hydrogens (tertiary/aromatic N) is 3. The first-order chi connectivity index (χ1) is 7.95. The van der Waals surface area contributed by atoms with Crippen LogP contribution in [0.15, 0.2) is 0 Å². The van der Waals surface area contributed by atoms with Crippen LogP contribution in [0.3, 0.4) is 0 Å². The molecule has 0 aromatic rings. The molecule has 0 aromatic heterocycles. The van der Waals surface area contributed by atoms with Gasteiger partial charge in [-0.1, -0.05) is 13.8 Å². The van der Waals surface area contributed by atoms with Crippen LogP contribution in [-0.2, 0) is 0 Å². The molecule has 0 radical (unpaired) electrons. The summed E-state index contributed by atoms with van der Waals surface area (Å²) in [6, 6.07) is 2.35. The minimum atomic E-state index is 0.341. The van der Waals surface area contributed by atoms with Gasteiger partial charge in [0.05, 0.1) is 6.07 Å². The van der Waals surface area contributed by atoms with E-state index in [9.17, 15) is 0 Å². The first-order valence-electron chi connectivity index (χ1n) is 6.70. The highest BCUT2D eigenvalue weighted by Crippen LogP contribution is 2.37. The van der Waals surface area contributed by atoms with Crippen molar-refractivity contribution in [2.24, 2.45) is 11.3 Å². The van der Waals surface area contributed by atoms with Gasteiger partial charge in [0.25, 0.3) is 0 Å². The van der Waals surface area contributed by atoms with E-state index in [1.807, 2.05) is 0 Å². The second-order valence-electron chi connectivity index (χ2n) is 6.26. The number of piperidine rings is 1. The average molecular weight is 237 g/mol. The van der Waals surface area contributed by atoms with Gasteiger partial charge in [0.1, 0.15) is 0 Å². The fraction of sp³-hybridized carbons (Fsp3) is 0.929. The Morgan fingerprint density at radius 1 is 1.41 bits per heavy atom. The maximum Gasteiger partial charge on any atom is 0.0625 e. The van der Waals surface area contributed by atoms with Crippen LogP contribution in [0.2, 0.25) is 0 Å². The molecule has 0 spiro atoms. The average Bonchev–Trinajstić information content (AvgIpc) is 2.23. The highest BCUT2D eigenvalue weighted by Gasteiger charge is 2.34. The van der Waals surface area contributed by atoms with Crippen LogP contribution in [-0.4, -0.2) is 50.1 Å². The van der Waals surface area contributed by atoms with Gasteiger partial charge in [0.2, 0.25) is 0 Å². The van der Waals surface area contributed by atoms with E-state index in [1.54, 1.807) is 0 Å². The SMILES string of the molecule is CN(C)CCCN1CCC(C)(C)C(CC#N)C1. The Hall–Kier alpha value is -0.590. The molecule has 0 aliphatic carbocycles. The number of hydrogen-bond donors (Lipinski definition) is 0. The molecule has 3 nitrogen and oxygen atoms in total. The molecule has 1 unspecified atom stereocenters. The Morgan fingerprint density at radius 3 is 2.71 bits per heavy atom. The van der Waals surface area contributed by atoms with Gasteiger partial charge in [-0.25, -0.2) is 0 Å². The van der Waals surface area contributed by atoms with E-state index in [0.717, 1.165) is 13.1 Å². The fourth-order valence-electron chi connectivity index (χ4n) is 2.57. The van der Waals surface area contributed by atoms with E-state index in [-0.39, 0.29) is 0 Å². The minimum Gasteiger partial charge on any atom is -0.309 e. The van der Waals surface area contributed by atoms with Crippen LogP contribution in [0.4, 0.5) is 0 Å². The molecule has 0 bridgehead atoms. The monoisotopic (exact) mass is 237 g/mol. The van der Waals surface area contributed by atoms with Crippen LogP contribution >= 0.6 is 0 Å². The molecule has 0 N–H and O–H groups in total. The number of nitriles is 1. The summed E-state index contributed by atoms with van der Waals surface area (Å²) in [6.07, 6.45) is 3.16. The lowest BCUT2D eigenvalue weighted by molar-refractivity contribution is 0.0610. The Bertz CT molecular complexity index is 265. The van der Waals surface area contributed by atoms with Crippen molar-refractivity contribution in [3.05, 3.63) is 0 Å². The summed E-state index contributed by atoms with van der Waals surface area (Å²) in [5.41, 5.74) is 0.341. The van der Waals surface area contributed by atoms with Crippen LogP contribution in [0.1, 0.15) is 33.1 Å². The zero-order chi connectivity index (χ0) is 12.9. The molecule has 0 amide bonds. The molecule has 0 aromatic carbocycles. The van der Waals surface area contributed by atoms with Crippen molar-refractivity contribution in [2.75, 3.05) is 40.3 Å². The molecule has 3 heteroatoms. The van der Waals surface area contributed by atoms with Crippen LogP contribution in [0, 0.1) is 22.7 Å². The van der Waals surface area contributed by atoms with Crippen LogP contribution in [0.5, 0.6) is 0 Å². The first-order valence-corrected chi connectivity index (χ1v) is 6.70. The second kappa shape index (κ2) is 6.37. The lowest BCUT2D eigenvalue weighted by Gasteiger charge is -2.43. The first kappa shape index (κ1) is 14.5. The van der Waals surface area contributed by atoms with Gasteiger partial charge in [0, 0.05) is 13.0 Å². The van der Waals surface area contributed by atoms with E-state index in [2.05, 4.69) is 43.8 Å². The Balaban J connectivity index is 2.38. The normalized spacial score (nSPS) is 24.8. The van der Waals surface area contributed by atoms with Gasteiger partial charge in [-0.05, 0) is 57.9 Å². The highest BCUT2D eigenvalue weighted by atomic mass is 15.1.